The minimum atomic E-state index is -0.766. The lowest BCUT2D eigenvalue weighted by Crippen LogP contribution is -2.08. The number of pyridine rings is 1. The fraction of sp³-hybridized carbons (Fsp3) is 0.120. The number of rotatable bonds is 7. The molecule has 8 nitrogen and oxygen atoms in total. The van der Waals surface area contributed by atoms with Gasteiger partial charge in [0.15, 0.2) is 29.0 Å². The maximum absolute atomic E-state index is 14.8. The summed E-state index contributed by atoms with van der Waals surface area (Å²) in [5, 5.41) is 8.56. The fourth-order valence-electron chi connectivity index (χ4n) is 3.74. The number of methoxy groups -OCH3 is 2. The number of fused-ring (bicyclic) bond motifs is 1. The summed E-state index contributed by atoms with van der Waals surface area (Å²) in [4.78, 5) is 13.1. The molecule has 0 fully saturated rings. The molecule has 5 aromatic rings. The summed E-state index contributed by atoms with van der Waals surface area (Å²) < 4.78 is 41.3. The van der Waals surface area contributed by atoms with Crippen molar-refractivity contribution < 1.29 is 18.3 Å². The molecule has 5 rings (SSSR count). The van der Waals surface area contributed by atoms with Crippen LogP contribution in [0.2, 0.25) is 0 Å². The average molecular weight is 474 g/mol. The Morgan fingerprint density at radius 3 is 2.49 bits per heavy atom. The van der Waals surface area contributed by atoms with E-state index in [9.17, 15) is 8.78 Å². The number of benzene rings is 2. The molecule has 0 amide bonds. The second-order valence-electron chi connectivity index (χ2n) is 7.54. The van der Waals surface area contributed by atoms with Crippen LogP contribution >= 0.6 is 0 Å². The summed E-state index contributed by atoms with van der Waals surface area (Å²) >= 11 is 0. The van der Waals surface area contributed by atoms with Crippen LogP contribution in [0, 0.1) is 11.6 Å². The first-order valence-electron chi connectivity index (χ1n) is 10.6. The Bertz CT molecular complexity index is 1510. The lowest BCUT2D eigenvalue weighted by Gasteiger charge is -2.10. The molecule has 3 aromatic heterocycles. The van der Waals surface area contributed by atoms with E-state index >= 15 is 0 Å². The highest BCUT2D eigenvalue weighted by Crippen LogP contribution is 2.32. The summed E-state index contributed by atoms with van der Waals surface area (Å²) in [6, 6.07) is 13.4. The highest BCUT2D eigenvalue weighted by atomic mass is 19.1. The van der Waals surface area contributed by atoms with Gasteiger partial charge in [0.25, 0.3) is 0 Å². The van der Waals surface area contributed by atoms with Crippen molar-refractivity contribution >= 4 is 22.4 Å². The Kier molecular flexibility index (Phi) is 5.92. The molecular formula is C25H20F2N6O2. The summed E-state index contributed by atoms with van der Waals surface area (Å²) in [5.74, 6) is -0.290. The quantitative estimate of drug-likeness (QED) is 0.356. The van der Waals surface area contributed by atoms with Crippen LogP contribution in [-0.2, 0) is 6.54 Å². The van der Waals surface area contributed by atoms with E-state index in [2.05, 4.69) is 25.4 Å². The minimum absolute atomic E-state index is 0.0385. The van der Waals surface area contributed by atoms with Gasteiger partial charge in [-0.15, -0.1) is 0 Å². The molecule has 35 heavy (non-hydrogen) atoms. The third-order valence-electron chi connectivity index (χ3n) is 5.47. The molecule has 176 valence electrons. The SMILES string of the molecule is COc1cnc(-c2nn(Cc3c(F)ccc(OC)c3F)c3ccccc23)nc1Nc1ccncc1. The van der Waals surface area contributed by atoms with E-state index in [0.29, 0.717) is 28.6 Å². The number of aromatic nitrogens is 5. The van der Waals surface area contributed by atoms with Crippen LogP contribution in [-0.4, -0.2) is 39.0 Å². The highest BCUT2D eigenvalue weighted by molar-refractivity contribution is 5.92. The molecule has 0 radical (unpaired) electrons. The number of nitrogens with one attached hydrogen (secondary N) is 1. The molecule has 0 unspecified atom stereocenters. The molecule has 0 bridgehead atoms. The van der Waals surface area contributed by atoms with Gasteiger partial charge in [-0.1, -0.05) is 18.2 Å². The van der Waals surface area contributed by atoms with E-state index in [0.717, 1.165) is 11.1 Å². The van der Waals surface area contributed by atoms with Gasteiger partial charge in [0.2, 0.25) is 0 Å². The molecular weight excluding hydrogens is 454 g/mol. The predicted molar refractivity (Wildman–Crippen MR) is 127 cm³/mol. The first-order chi connectivity index (χ1) is 17.1. The fourth-order valence-corrected chi connectivity index (χ4v) is 3.74. The van der Waals surface area contributed by atoms with Crippen molar-refractivity contribution in [1.82, 2.24) is 24.7 Å². The molecule has 0 atom stereocenters. The van der Waals surface area contributed by atoms with Crippen molar-refractivity contribution in [3.05, 3.63) is 84.3 Å². The van der Waals surface area contributed by atoms with E-state index < -0.39 is 11.6 Å². The summed E-state index contributed by atoms with van der Waals surface area (Å²) in [6.07, 6.45) is 4.85. The van der Waals surface area contributed by atoms with Crippen LogP contribution in [0.1, 0.15) is 5.56 Å². The monoisotopic (exact) mass is 474 g/mol. The van der Waals surface area contributed by atoms with E-state index in [1.807, 2.05) is 24.3 Å². The van der Waals surface area contributed by atoms with Crippen LogP contribution in [0.15, 0.2) is 67.1 Å². The number of ether oxygens (including phenoxy) is 2. The number of para-hydroxylation sites is 1. The molecule has 2 aromatic carbocycles. The van der Waals surface area contributed by atoms with Crippen molar-refractivity contribution in [1.29, 1.82) is 0 Å². The van der Waals surface area contributed by atoms with Crippen molar-refractivity contribution in [3.63, 3.8) is 0 Å². The highest BCUT2D eigenvalue weighted by Gasteiger charge is 2.20. The zero-order chi connectivity index (χ0) is 24.4. The molecule has 0 aliphatic heterocycles. The van der Waals surface area contributed by atoms with Gasteiger partial charge in [0, 0.05) is 29.0 Å². The Balaban J connectivity index is 1.60. The number of hydrogen-bond acceptors (Lipinski definition) is 7. The predicted octanol–water partition coefficient (Wildman–Crippen LogP) is 4.98. The third kappa shape index (κ3) is 4.21. The van der Waals surface area contributed by atoms with Crippen LogP contribution in [0.3, 0.4) is 0 Å². The minimum Gasteiger partial charge on any atom is -0.494 e. The van der Waals surface area contributed by atoms with Gasteiger partial charge in [-0.2, -0.15) is 5.10 Å². The topological polar surface area (TPSA) is 87.0 Å². The number of hydrogen-bond donors (Lipinski definition) is 1. The zero-order valence-corrected chi connectivity index (χ0v) is 18.9. The third-order valence-corrected chi connectivity index (χ3v) is 5.47. The first-order valence-corrected chi connectivity index (χ1v) is 10.6. The van der Waals surface area contributed by atoms with Gasteiger partial charge in [-0.25, -0.2) is 18.7 Å². The summed E-state index contributed by atoms with van der Waals surface area (Å²) in [6.45, 7) is -0.145. The second kappa shape index (κ2) is 9.34. The Morgan fingerprint density at radius 1 is 0.943 bits per heavy atom. The van der Waals surface area contributed by atoms with E-state index in [1.165, 1.54) is 31.0 Å². The van der Waals surface area contributed by atoms with Crippen molar-refractivity contribution in [3.8, 4) is 23.0 Å². The van der Waals surface area contributed by atoms with Crippen LogP contribution < -0.4 is 14.8 Å². The lowest BCUT2D eigenvalue weighted by atomic mass is 10.1. The second-order valence-corrected chi connectivity index (χ2v) is 7.54. The molecule has 1 N–H and O–H groups in total. The molecule has 0 saturated heterocycles. The van der Waals surface area contributed by atoms with Gasteiger partial charge in [-0.05, 0) is 30.3 Å². The smallest absolute Gasteiger partial charge is 0.183 e. The average Bonchev–Trinajstić information content (AvgIpc) is 3.26. The van der Waals surface area contributed by atoms with Crippen LogP contribution in [0.5, 0.6) is 11.5 Å². The first kappa shape index (κ1) is 22.2. The Morgan fingerprint density at radius 2 is 1.71 bits per heavy atom. The maximum atomic E-state index is 14.8. The standard InChI is InChI=1S/C25H20F2N6O2/c1-34-20-8-7-18(26)17(22(20)27)14-33-19-6-4-3-5-16(19)23(32-33)25-29-13-21(35-2)24(31-25)30-15-9-11-28-12-10-15/h3-13H,14H2,1-2H3,(H,28,29,30,31). The molecule has 0 spiro atoms. The van der Waals surface area contributed by atoms with E-state index in [-0.39, 0.29) is 17.9 Å². The van der Waals surface area contributed by atoms with Crippen LogP contribution in [0.25, 0.3) is 22.4 Å². The molecule has 0 saturated carbocycles. The number of halogens is 2. The van der Waals surface area contributed by atoms with Crippen molar-refractivity contribution in [2.24, 2.45) is 0 Å². The van der Waals surface area contributed by atoms with Crippen molar-refractivity contribution in [2.45, 2.75) is 6.54 Å². The molecule has 0 aliphatic rings. The summed E-state index contributed by atoms with van der Waals surface area (Å²) in [7, 11) is 2.86. The normalized spacial score (nSPS) is 11.0. The Hall–Kier alpha value is -4.60. The largest absolute Gasteiger partial charge is 0.494 e. The molecule has 3 heterocycles. The van der Waals surface area contributed by atoms with Gasteiger partial charge in [0.1, 0.15) is 11.5 Å². The lowest BCUT2D eigenvalue weighted by molar-refractivity contribution is 0.379. The van der Waals surface area contributed by atoms with Gasteiger partial charge >= 0.3 is 0 Å². The van der Waals surface area contributed by atoms with Gasteiger partial charge in [0.05, 0.1) is 32.5 Å². The van der Waals surface area contributed by atoms with Gasteiger partial charge in [-0.3, -0.25) is 9.67 Å². The number of anilines is 2. The van der Waals surface area contributed by atoms with Gasteiger partial charge < -0.3 is 14.8 Å². The summed E-state index contributed by atoms with van der Waals surface area (Å²) in [5.41, 5.74) is 1.75. The van der Waals surface area contributed by atoms with E-state index in [4.69, 9.17) is 9.47 Å². The van der Waals surface area contributed by atoms with Crippen LogP contribution in [0.4, 0.5) is 20.3 Å². The number of nitrogens with zero attached hydrogens (tertiary/aromatic N) is 5. The maximum Gasteiger partial charge on any atom is 0.183 e. The Labute approximate surface area is 199 Å². The van der Waals surface area contributed by atoms with E-state index in [1.54, 1.807) is 30.7 Å². The molecule has 0 aliphatic carbocycles. The zero-order valence-electron chi connectivity index (χ0n) is 18.9. The van der Waals surface area contributed by atoms with Crippen molar-refractivity contribution in [2.75, 3.05) is 19.5 Å². The molecule has 10 heteroatoms.